The lowest BCUT2D eigenvalue weighted by Crippen LogP contribution is -2.17. The molecule has 0 fully saturated rings. The second-order valence-corrected chi connectivity index (χ2v) is 3.86. The Morgan fingerprint density at radius 2 is 2.44 bits per heavy atom. The minimum absolute atomic E-state index is 0.407. The minimum Gasteiger partial charge on any atom is -0.449 e. The number of nitrogens with zero attached hydrogens (tertiary/aromatic N) is 1. The highest BCUT2D eigenvalue weighted by Crippen LogP contribution is 2.07. The fraction of sp³-hybridized carbons (Fsp3) is 0.500. The van der Waals surface area contributed by atoms with E-state index in [1.165, 1.54) is 0 Å². The van der Waals surface area contributed by atoms with E-state index in [4.69, 9.17) is 4.74 Å². The van der Waals surface area contributed by atoms with Crippen molar-refractivity contribution in [3.05, 3.63) is 24.5 Å². The molecule has 0 aromatic carbocycles. The lowest BCUT2D eigenvalue weighted by Gasteiger charge is -2.11. The van der Waals surface area contributed by atoms with Crippen molar-refractivity contribution in [3.8, 4) is 0 Å². The van der Waals surface area contributed by atoms with Gasteiger partial charge in [-0.15, -0.1) is 0 Å². The van der Waals surface area contributed by atoms with Crippen molar-refractivity contribution in [2.45, 2.75) is 26.7 Å². The molecule has 1 aromatic heterocycles. The van der Waals surface area contributed by atoms with Crippen molar-refractivity contribution in [2.75, 3.05) is 11.9 Å². The fourth-order valence-corrected chi connectivity index (χ4v) is 1.38. The molecule has 0 saturated heterocycles. The third-order valence-corrected chi connectivity index (χ3v) is 2.19. The first-order chi connectivity index (χ1) is 7.72. The van der Waals surface area contributed by atoms with E-state index in [1.54, 1.807) is 24.5 Å². The van der Waals surface area contributed by atoms with E-state index in [0.717, 1.165) is 12.8 Å². The molecule has 88 valence electrons. The minimum atomic E-state index is -0.420. The molecule has 1 heterocycles. The molecule has 0 saturated carbocycles. The van der Waals surface area contributed by atoms with E-state index in [9.17, 15) is 4.79 Å². The number of amides is 1. The van der Waals surface area contributed by atoms with Gasteiger partial charge >= 0.3 is 6.09 Å². The zero-order valence-electron chi connectivity index (χ0n) is 9.77. The summed E-state index contributed by atoms with van der Waals surface area (Å²) < 4.78 is 5.08. The van der Waals surface area contributed by atoms with Gasteiger partial charge in [-0.2, -0.15) is 0 Å². The lowest BCUT2D eigenvalue weighted by atomic mass is 10.1. The SMILES string of the molecule is CCCC(C)COC(=O)Nc1cccnc1. The first kappa shape index (κ1) is 12.5. The molecule has 0 aliphatic carbocycles. The Bertz CT molecular complexity index is 314. The van der Waals surface area contributed by atoms with Crippen LogP contribution in [0.25, 0.3) is 0 Å². The summed E-state index contributed by atoms with van der Waals surface area (Å²) in [6.07, 6.45) is 4.99. The molecule has 0 bridgehead atoms. The maximum Gasteiger partial charge on any atom is 0.411 e. The summed E-state index contributed by atoms with van der Waals surface area (Å²) in [6, 6.07) is 3.53. The van der Waals surface area contributed by atoms with Crippen molar-refractivity contribution in [1.82, 2.24) is 4.98 Å². The average molecular weight is 222 g/mol. The number of pyridine rings is 1. The first-order valence-electron chi connectivity index (χ1n) is 5.56. The number of hydrogen-bond acceptors (Lipinski definition) is 3. The predicted molar refractivity (Wildman–Crippen MR) is 63.3 cm³/mol. The number of carbonyl (C=O) groups is 1. The number of rotatable bonds is 5. The Balaban J connectivity index is 2.26. The Morgan fingerprint density at radius 1 is 1.62 bits per heavy atom. The molecule has 4 heteroatoms. The van der Waals surface area contributed by atoms with Crippen molar-refractivity contribution in [3.63, 3.8) is 0 Å². The van der Waals surface area contributed by atoms with Gasteiger partial charge in [-0.3, -0.25) is 10.3 Å². The van der Waals surface area contributed by atoms with Crippen LogP contribution in [0.4, 0.5) is 10.5 Å². The standard InChI is InChI=1S/C12H18N2O2/c1-3-5-10(2)9-16-12(15)14-11-6-4-7-13-8-11/h4,6-8,10H,3,5,9H2,1-2H3,(H,14,15). The Hall–Kier alpha value is -1.58. The molecule has 0 aliphatic rings. The summed E-state index contributed by atoms with van der Waals surface area (Å²) in [5.74, 6) is 0.407. The molecular formula is C12H18N2O2. The van der Waals surface area contributed by atoms with Crippen LogP contribution in [0.2, 0.25) is 0 Å². The highest BCUT2D eigenvalue weighted by Gasteiger charge is 2.06. The Morgan fingerprint density at radius 3 is 3.06 bits per heavy atom. The zero-order chi connectivity index (χ0) is 11.8. The van der Waals surface area contributed by atoms with Gasteiger partial charge in [0.1, 0.15) is 0 Å². The lowest BCUT2D eigenvalue weighted by molar-refractivity contribution is 0.142. The van der Waals surface area contributed by atoms with Gasteiger partial charge in [0.05, 0.1) is 18.5 Å². The van der Waals surface area contributed by atoms with E-state index < -0.39 is 6.09 Å². The number of aromatic nitrogens is 1. The van der Waals surface area contributed by atoms with Gasteiger partial charge < -0.3 is 4.74 Å². The van der Waals surface area contributed by atoms with Crippen LogP contribution in [-0.4, -0.2) is 17.7 Å². The molecule has 0 spiro atoms. The fourth-order valence-electron chi connectivity index (χ4n) is 1.38. The molecule has 0 radical (unpaired) electrons. The van der Waals surface area contributed by atoms with Crippen LogP contribution in [0.5, 0.6) is 0 Å². The highest BCUT2D eigenvalue weighted by molar-refractivity contribution is 5.84. The van der Waals surface area contributed by atoms with Gasteiger partial charge in [-0.1, -0.05) is 20.3 Å². The van der Waals surface area contributed by atoms with Crippen molar-refractivity contribution >= 4 is 11.8 Å². The van der Waals surface area contributed by atoms with E-state index in [1.807, 2.05) is 0 Å². The van der Waals surface area contributed by atoms with Crippen LogP contribution in [0.3, 0.4) is 0 Å². The first-order valence-corrected chi connectivity index (χ1v) is 5.56. The highest BCUT2D eigenvalue weighted by atomic mass is 16.5. The molecular weight excluding hydrogens is 204 g/mol. The topological polar surface area (TPSA) is 51.2 Å². The summed E-state index contributed by atoms with van der Waals surface area (Å²) in [6.45, 7) is 4.65. The molecule has 1 amide bonds. The number of hydrogen-bond donors (Lipinski definition) is 1. The van der Waals surface area contributed by atoms with Crippen LogP contribution in [0, 0.1) is 5.92 Å². The van der Waals surface area contributed by atoms with Crippen LogP contribution in [-0.2, 0) is 4.74 Å². The molecule has 1 atom stereocenters. The number of carbonyl (C=O) groups excluding carboxylic acids is 1. The van der Waals surface area contributed by atoms with Crippen LogP contribution in [0.15, 0.2) is 24.5 Å². The third-order valence-electron chi connectivity index (χ3n) is 2.19. The Kier molecular flexibility index (Phi) is 5.32. The summed E-state index contributed by atoms with van der Waals surface area (Å²) in [7, 11) is 0. The Labute approximate surface area is 96.0 Å². The molecule has 1 unspecified atom stereocenters. The van der Waals surface area contributed by atoms with Crippen LogP contribution < -0.4 is 5.32 Å². The van der Waals surface area contributed by atoms with Gasteiger partial charge in [0.25, 0.3) is 0 Å². The molecule has 1 aromatic rings. The van der Waals surface area contributed by atoms with Gasteiger partial charge in [-0.05, 0) is 24.5 Å². The van der Waals surface area contributed by atoms with Crippen LogP contribution in [0.1, 0.15) is 26.7 Å². The number of ether oxygens (including phenoxy) is 1. The summed E-state index contributed by atoms with van der Waals surface area (Å²) in [4.78, 5) is 15.3. The smallest absolute Gasteiger partial charge is 0.411 e. The quantitative estimate of drug-likeness (QED) is 0.833. The van der Waals surface area contributed by atoms with Gasteiger partial charge in [0.2, 0.25) is 0 Å². The summed E-state index contributed by atoms with van der Waals surface area (Å²) in [5.41, 5.74) is 0.649. The van der Waals surface area contributed by atoms with Crippen molar-refractivity contribution in [1.29, 1.82) is 0 Å². The van der Waals surface area contributed by atoms with E-state index >= 15 is 0 Å². The van der Waals surface area contributed by atoms with Crippen molar-refractivity contribution < 1.29 is 9.53 Å². The third kappa shape index (κ3) is 4.77. The van der Waals surface area contributed by atoms with E-state index in [0.29, 0.717) is 18.2 Å². The van der Waals surface area contributed by atoms with E-state index in [2.05, 4.69) is 24.1 Å². The molecule has 0 aliphatic heterocycles. The van der Waals surface area contributed by atoms with Crippen molar-refractivity contribution in [2.24, 2.45) is 5.92 Å². The van der Waals surface area contributed by atoms with Gasteiger partial charge in [0.15, 0.2) is 0 Å². The predicted octanol–water partition coefficient (Wildman–Crippen LogP) is 3.07. The number of nitrogens with one attached hydrogen (secondary N) is 1. The van der Waals surface area contributed by atoms with Gasteiger partial charge in [0, 0.05) is 6.20 Å². The maximum absolute atomic E-state index is 11.4. The zero-order valence-corrected chi connectivity index (χ0v) is 9.77. The summed E-state index contributed by atoms with van der Waals surface area (Å²) >= 11 is 0. The second kappa shape index (κ2) is 6.82. The maximum atomic E-state index is 11.4. The van der Waals surface area contributed by atoms with Gasteiger partial charge in [-0.25, -0.2) is 4.79 Å². The molecule has 1 rings (SSSR count). The number of anilines is 1. The van der Waals surface area contributed by atoms with E-state index in [-0.39, 0.29) is 0 Å². The second-order valence-electron chi connectivity index (χ2n) is 3.86. The molecule has 1 N–H and O–H groups in total. The largest absolute Gasteiger partial charge is 0.449 e. The molecule has 4 nitrogen and oxygen atoms in total. The normalized spacial score (nSPS) is 11.9. The van der Waals surface area contributed by atoms with Crippen LogP contribution >= 0.6 is 0 Å². The summed E-state index contributed by atoms with van der Waals surface area (Å²) in [5, 5.41) is 2.62. The average Bonchev–Trinajstić information content (AvgIpc) is 2.28. The monoisotopic (exact) mass is 222 g/mol. The molecule has 16 heavy (non-hydrogen) atoms.